The summed E-state index contributed by atoms with van der Waals surface area (Å²) in [5, 5.41) is 26.4. The average Bonchev–Trinajstić information content (AvgIpc) is 2.87. The molecule has 10 nitrogen and oxygen atoms in total. The Morgan fingerprint density at radius 2 is 1.14 bits per heavy atom. The summed E-state index contributed by atoms with van der Waals surface area (Å²) in [6, 6.07) is 10.8. The minimum Gasteiger partial charge on any atom is -0.491 e. The zero-order valence-electron chi connectivity index (χ0n) is 19.6. The van der Waals surface area contributed by atoms with Crippen LogP contribution in [0.1, 0.15) is 5.56 Å². The molecule has 0 fully saturated rings. The number of rotatable bonds is 19. The lowest BCUT2D eigenvalue weighted by atomic mass is 10.1. The molecule has 0 heterocycles. The fourth-order valence-corrected chi connectivity index (χ4v) is 4.33. The summed E-state index contributed by atoms with van der Waals surface area (Å²) in [6.45, 7) is 1.79. The first-order chi connectivity index (χ1) is 17.0. The van der Waals surface area contributed by atoms with Gasteiger partial charge in [-0.3, -0.25) is 0 Å². The van der Waals surface area contributed by atoms with Gasteiger partial charge in [-0.25, -0.2) is 8.42 Å². The summed E-state index contributed by atoms with van der Waals surface area (Å²) in [5.74, 6) is 1.02. The average molecular weight is 515 g/mol. The first kappa shape index (κ1) is 29.0. The Labute approximate surface area is 205 Å². The molecule has 0 atom stereocenters. The van der Waals surface area contributed by atoms with Crippen LogP contribution in [-0.4, -0.2) is 96.4 Å². The van der Waals surface area contributed by atoms with Crippen LogP contribution in [0.5, 0.6) is 11.5 Å². The molecular weight excluding hydrogens is 480 g/mol. The molecule has 0 aliphatic rings. The van der Waals surface area contributed by atoms with E-state index < -0.39 is 9.84 Å². The topological polar surface area (TPSA) is 141 Å². The summed E-state index contributed by atoms with van der Waals surface area (Å²) in [4.78, 5) is 0.236. The summed E-state index contributed by atoms with van der Waals surface area (Å²) in [6.07, 6.45) is 0.390. The summed E-state index contributed by atoms with van der Waals surface area (Å²) in [7, 11) is -3.79. The van der Waals surface area contributed by atoms with E-state index in [0.717, 1.165) is 0 Å². The molecule has 0 aliphatic heterocycles. The smallest absolute Gasteiger partial charge is 0.206 e. The first-order valence-corrected chi connectivity index (χ1v) is 12.8. The molecular formula is C24H34O10S. The molecule has 0 amide bonds. The van der Waals surface area contributed by atoms with Crippen molar-refractivity contribution in [2.24, 2.45) is 0 Å². The molecule has 35 heavy (non-hydrogen) atoms. The predicted octanol–water partition coefficient (Wildman–Crippen LogP) is 0.846. The van der Waals surface area contributed by atoms with E-state index in [4.69, 9.17) is 39.0 Å². The van der Waals surface area contributed by atoms with Crippen molar-refractivity contribution in [3.63, 3.8) is 0 Å². The van der Waals surface area contributed by atoms with Crippen molar-refractivity contribution in [1.29, 1.82) is 0 Å². The molecule has 0 saturated carbocycles. The van der Waals surface area contributed by atoms with Crippen LogP contribution in [0.2, 0.25) is 0 Å². The molecule has 2 aromatic rings. The maximum Gasteiger partial charge on any atom is 0.206 e. The SMILES string of the molecule is O=S(=O)(c1ccc(OCCOCCO)cc1)c1ccc(OCCOCCO)c(CCOCCO)c1. The van der Waals surface area contributed by atoms with E-state index in [2.05, 4.69) is 0 Å². The number of hydrogen-bond donors (Lipinski definition) is 3. The van der Waals surface area contributed by atoms with Crippen LogP contribution in [0.25, 0.3) is 0 Å². The number of ether oxygens (including phenoxy) is 5. The van der Waals surface area contributed by atoms with Crippen molar-refractivity contribution in [3.05, 3.63) is 48.0 Å². The highest BCUT2D eigenvalue weighted by molar-refractivity contribution is 7.91. The second-order valence-corrected chi connectivity index (χ2v) is 9.15. The number of sulfone groups is 1. The van der Waals surface area contributed by atoms with Gasteiger partial charge < -0.3 is 39.0 Å². The van der Waals surface area contributed by atoms with Crippen molar-refractivity contribution >= 4 is 9.84 Å². The standard InChI is InChI=1S/C24H34O10S/c25-8-12-30-11-7-20-19-23(5-6-24(20)34-18-16-32-14-10-27)35(28,29)22-3-1-21(2-4-22)33-17-15-31-13-9-26/h1-6,19,25-27H,7-18H2. The summed E-state index contributed by atoms with van der Waals surface area (Å²) >= 11 is 0. The molecule has 0 saturated heterocycles. The van der Waals surface area contributed by atoms with Gasteiger partial charge in [0, 0.05) is 0 Å². The molecule has 11 heteroatoms. The fourth-order valence-electron chi connectivity index (χ4n) is 3.02. The van der Waals surface area contributed by atoms with Gasteiger partial charge in [0.2, 0.25) is 9.84 Å². The van der Waals surface area contributed by atoms with E-state index in [1.807, 2.05) is 0 Å². The lowest BCUT2D eigenvalue weighted by molar-refractivity contribution is 0.0698. The van der Waals surface area contributed by atoms with Crippen molar-refractivity contribution in [2.75, 3.05) is 72.7 Å². The van der Waals surface area contributed by atoms with E-state index in [9.17, 15) is 8.42 Å². The summed E-state index contributed by atoms with van der Waals surface area (Å²) in [5.41, 5.74) is 0.647. The van der Waals surface area contributed by atoms with Crippen molar-refractivity contribution in [2.45, 2.75) is 16.2 Å². The van der Waals surface area contributed by atoms with Crippen LogP contribution in [0, 0.1) is 0 Å². The normalized spacial score (nSPS) is 11.5. The molecule has 2 rings (SSSR count). The Balaban J connectivity index is 2.11. The second-order valence-electron chi connectivity index (χ2n) is 7.20. The number of aliphatic hydroxyl groups is 3. The third-order valence-corrected chi connectivity index (χ3v) is 6.45. The third kappa shape index (κ3) is 10.1. The van der Waals surface area contributed by atoms with Crippen molar-refractivity contribution < 1.29 is 47.4 Å². The van der Waals surface area contributed by atoms with E-state index in [-0.39, 0.29) is 75.9 Å². The predicted molar refractivity (Wildman–Crippen MR) is 127 cm³/mol. The van der Waals surface area contributed by atoms with Crippen molar-refractivity contribution in [1.82, 2.24) is 0 Å². The van der Waals surface area contributed by atoms with Crippen LogP contribution >= 0.6 is 0 Å². The van der Waals surface area contributed by atoms with Gasteiger partial charge in [-0.2, -0.15) is 0 Å². The largest absolute Gasteiger partial charge is 0.491 e. The van der Waals surface area contributed by atoms with Crippen molar-refractivity contribution in [3.8, 4) is 11.5 Å². The second kappa shape index (κ2) is 16.4. The van der Waals surface area contributed by atoms with Crippen LogP contribution in [0.3, 0.4) is 0 Å². The zero-order valence-corrected chi connectivity index (χ0v) is 20.5. The Morgan fingerprint density at radius 1 is 0.600 bits per heavy atom. The first-order valence-electron chi connectivity index (χ1n) is 11.3. The van der Waals surface area contributed by atoms with Gasteiger partial charge >= 0.3 is 0 Å². The molecule has 2 aromatic carbocycles. The minimum absolute atomic E-state index is 0.0594. The van der Waals surface area contributed by atoms with Crippen LogP contribution < -0.4 is 9.47 Å². The molecule has 0 aliphatic carbocycles. The van der Waals surface area contributed by atoms with Gasteiger partial charge in [-0.15, -0.1) is 0 Å². The molecule has 0 radical (unpaired) electrons. The van der Waals surface area contributed by atoms with Gasteiger partial charge in [0.05, 0.1) is 69.3 Å². The number of benzene rings is 2. The quantitative estimate of drug-likeness (QED) is 0.231. The van der Waals surface area contributed by atoms with Crippen LogP contribution in [0.15, 0.2) is 52.3 Å². The Morgan fingerprint density at radius 3 is 1.74 bits per heavy atom. The van der Waals surface area contributed by atoms with E-state index in [1.165, 1.54) is 18.2 Å². The highest BCUT2D eigenvalue weighted by Crippen LogP contribution is 2.28. The molecule has 0 unspecified atom stereocenters. The highest BCUT2D eigenvalue weighted by atomic mass is 32.2. The van der Waals surface area contributed by atoms with Gasteiger partial charge in [0.25, 0.3) is 0 Å². The molecule has 196 valence electrons. The maximum absolute atomic E-state index is 13.2. The third-order valence-electron chi connectivity index (χ3n) is 4.68. The van der Waals surface area contributed by atoms with E-state index in [0.29, 0.717) is 30.1 Å². The van der Waals surface area contributed by atoms with E-state index in [1.54, 1.807) is 24.3 Å². The Bertz CT molecular complexity index is 947. The monoisotopic (exact) mass is 514 g/mol. The Kier molecular flexibility index (Phi) is 13.6. The molecule has 3 N–H and O–H groups in total. The molecule has 0 bridgehead atoms. The molecule has 0 aromatic heterocycles. The zero-order chi connectivity index (χ0) is 25.4. The van der Waals surface area contributed by atoms with Gasteiger partial charge in [0.15, 0.2) is 0 Å². The fraction of sp³-hybridized carbons (Fsp3) is 0.500. The Hall–Kier alpha value is -2.25. The number of hydrogen-bond acceptors (Lipinski definition) is 10. The summed E-state index contributed by atoms with van der Waals surface area (Å²) < 4.78 is 53.3. The lowest BCUT2D eigenvalue weighted by Gasteiger charge is -2.14. The van der Waals surface area contributed by atoms with Gasteiger partial charge in [0.1, 0.15) is 24.7 Å². The van der Waals surface area contributed by atoms with E-state index >= 15 is 0 Å². The van der Waals surface area contributed by atoms with Crippen LogP contribution in [-0.2, 0) is 30.5 Å². The van der Waals surface area contributed by atoms with Gasteiger partial charge in [-0.1, -0.05) is 0 Å². The lowest BCUT2D eigenvalue weighted by Crippen LogP contribution is -2.12. The molecule has 0 spiro atoms. The minimum atomic E-state index is -3.79. The number of aliphatic hydroxyl groups excluding tert-OH is 3. The highest BCUT2D eigenvalue weighted by Gasteiger charge is 2.20. The van der Waals surface area contributed by atoms with Gasteiger partial charge in [-0.05, 0) is 54.4 Å². The van der Waals surface area contributed by atoms with Crippen LogP contribution in [0.4, 0.5) is 0 Å². The maximum atomic E-state index is 13.2.